The Labute approximate surface area is 120 Å². The van der Waals surface area contributed by atoms with Crippen LogP contribution in [0.5, 0.6) is 0 Å². The minimum Gasteiger partial charge on any atom is -0.376 e. The zero-order valence-corrected chi connectivity index (χ0v) is 12.3. The zero-order chi connectivity index (χ0) is 14.2. The zero-order valence-electron chi connectivity index (χ0n) is 11.5. The summed E-state index contributed by atoms with van der Waals surface area (Å²) < 4.78 is 14.9. The van der Waals surface area contributed by atoms with Gasteiger partial charge in [0.15, 0.2) is 5.82 Å². The van der Waals surface area contributed by atoms with Gasteiger partial charge in [-0.05, 0) is 44.6 Å². The van der Waals surface area contributed by atoms with Crippen LogP contribution in [0.25, 0.3) is 10.8 Å². The van der Waals surface area contributed by atoms with Gasteiger partial charge in [-0.1, -0.05) is 9.64 Å². The third-order valence-electron chi connectivity index (χ3n) is 3.45. The van der Waals surface area contributed by atoms with E-state index < -0.39 is 5.54 Å². The summed E-state index contributed by atoms with van der Waals surface area (Å²) in [6.45, 7) is 4.08. The van der Waals surface area contributed by atoms with Crippen molar-refractivity contribution in [3.05, 3.63) is 11.5 Å². The molecule has 8 heteroatoms. The van der Waals surface area contributed by atoms with Crippen molar-refractivity contribution in [3.63, 3.8) is 0 Å². The lowest BCUT2D eigenvalue weighted by atomic mass is 9.95. The van der Waals surface area contributed by atoms with Crippen LogP contribution in [-0.2, 0) is 10.3 Å². The van der Waals surface area contributed by atoms with Crippen LogP contribution in [0.1, 0.15) is 37.7 Å². The normalized spacial score (nSPS) is 18.8. The number of aromatic nitrogens is 4. The fourth-order valence-corrected chi connectivity index (χ4v) is 2.45. The Bertz CT molecular complexity index is 590. The van der Waals surface area contributed by atoms with E-state index in [1.807, 2.05) is 13.8 Å². The molecule has 2 aromatic heterocycles. The first-order valence-corrected chi connectivity index (χ1v) is 7.37. The summed E-state index contributed by atoms with van der Waals surface area (Å²) in [5.74, 6) is 0.854. The Balaban J connectivity index is 1.73. The lowest BCUT2D eigenvalue weighted by Crippen LogP contribution is -2.41. The largest absolute Gasteiger partial charge is 0.376 e. The monoisotopic (exact) mass is 295 g/mol. The van der Waals surface area contributed by atoms with Crippen LogP contribution < -0.4 is 5.73 Å². The summed E-state index contributed by atoms with van der Waals surface area (Å²) in [5, 5.41) is 7.89. The SMILES string of the molecule is Cc1nnsc1-c1nc(C(C)(N)COC2CCC2)no1. The molecule has 2 aromatic rings. The second-order valence-corrected chi connectivity index (χ2v) is 6.15. The third-order valence-corrected chi connectivity index (χ3v) is 4.27. The van der Waals surface area contributed by atoms with Gasteiger partial charge in [0.1, 0.15) is 10.4 Å². The summed E-state index contributed by atoms with van der Waals surface area (Å²) in [5.41, 5.74) is 6.24. The predicted molar refractivity (Wildman–Crippen MR) is 73.1 cm³/mol. The van der Waals surface area contributed by atoms with Crippen LogP contribution in [0, 0.1) is 6.92 Å². The summed E-state index contributed by atoms with van der Waals surface area (Å²) in [4.78, 5) is 5.13. The van der Waals surface area contributed by atoms with E-state index in [-0.39, 0.29) is 0 Å². The van der Waals surface area contributed by atoms with Gasteiger partial charge < -0.3 is 15.0 Å². The van der Waals surface area contributed by atoms with Gasteiger partial charge in [-0.2, -0.15) is 4.98 Å². The van der Waals surface area contributed by atoms with Gasteiger partial charge in [-0.15, -0.1) is 5.10 Å². The molecule has 1 saturated carbocycles. The first kappa shape index (κ1) is 13.6. The van der Waals surface area contributed by atoms with Crippen LogP contribution >= 0.6 is 11.5 Å². The second kappa shape index (κ2) is 5.19. The highest BCUT2D eigenvalue weighted by atomic mass is 32.1. The molecule has 0 amide bonds. The number of hydrogen-bond acceptors (Lipinski definition) is 8. The molecule has 1 aliphatic carbocycles. The molecule has 0 aliphatic heterocycles. The van der Waals surface area contributed by atoms with Crippen LogP contribution in [0.4, 0.5) is 0 Å². The topological polar surface area (TPSA) is 100.0 Å². The van der Waals surface area contributed by atoms with Gasteiger partial charge in [0.2, 0.25) is 0 Å². The van der Waals surface area contributed by atoms with E-state index >= 15 is 0 Å². The van der Waals surface area contributed by atoms with E-state index in [1.165, 1.54) is 18.0 Å². The molecule has 1 aliphatic rings. The van der Waals surface area contributed by atoms with Crippen molar-refractivity contribution in [3.8, 4) is 10.8 Å². The Morgan fingerprint density at radius 3 is 2.90 bits per heavy atom. The number of aryl methyl sites for hydroxylation is 1. The first-order chi connectivity index (χ1) is 9.56. The van der Waals surface area contributed by atoms with Crippen LogP contribution in [-0.4, -0.2) is 32.4 Å². The fraction of sp³-hybridized carbons (Fsp3) is 0.667. The van der Waals surface area contributed by atoms with Gasteiger partial charge in [0, 0.05) is 0 Å². The predicted octanol–water partition coefficient (Wildman–Crippen LogP) is 1.64. The van der Waals surface area contributed by atoms with Crippen LogP contribution in [0.2, 0.25) is 0 Å². The van der Waals surface area contributed by atoms with E-state index in [0.29, 0.717) is 24.4 Å². The Hall–Kier alpha value is -1.38. The maximum Gasteiger partial charge on any atom is 0.271 e. The number of rotatable bonds is 5. The van der Waals surface area contributed by atoms with Crippen molar-refractivity contribution in [2.45, 2.75) is 44.8 Å². The lowest BCUT2D eigenvalue weighted by molar-refractivity contribution is -0.0222. The van der Waals surface area contributed by atoms with Crippen molar-refractivity contribution < 1.29 is 9.26 Å². The molecule has 7 nitrogen and oxygen atoms in total. The molecule has 0 saturated heterocycles. The highest BCUT2D eigenvalue weighted by Crippen LogP contribution is 2.27. The molecule has 0 bridgehead atoms. The van der Waals surface area contributed by atoms with E-state index in [0.717, 1.165) is 23.4 Å². The van der Waals surface area contributed by atoms with Gasteiger partial charge in [0.05, 0.1) is 18.4 Å². The Morgan fingerprint density at radius 2 is 2.30 bits per heavy atom. The van der Waals surface area contributed by atoms with E-state index in [4.69, 9.17) is 15.0 Å². The molecule has 0 spiro atoms. The summed E-state index contributed by atoms with van der Waals surface area (Å²) >= 11 is 1.23. The van der Waals surface area contributed by atoms with Crippen LogP contribution in [0.15, 0.2) is 4.52 Å². The van der Waals surface area contributed by atoms with E-state index in [9.17, 15) is 0 Å². The fourth-order valence-electron chi connectivity index (χ4n) is 1.87. The van der Waals surface area contributed by atoms with Crippen molar-refractivity contribution in [1.29, 1.82) is 0 Å². The molecule has 1 unspecified atom stereocenters. The molecular weight excluding hydrogens is 278 g/mol. The second-order valence-electron chi connectivity index (χ2n) is 5.39. The van der Waals surface area contributed by atoms with Gasteiger partial charge in [0.25, 0.3) is 5.89 Å². The number of nitrogens with two attached hydrogens (primary N) is 1. The molecule has 3 rings (SSSR count). The van der Waals surface area contributed by atoms with Gasteiger partial charge >= 0.3 is 0 Å². The molecule has 1 fully saturated rings. The molecule has 1 atom stereocenters. The molecule has 20 heavy (non-hydrogen) atoms. The number of nitrogens with zero attached hydrogens (tertiary/aromatic N) is 4. The maximum atomic E-state index is 6.23. The molecule has 0 aromatic carbocycles. The van der Waals surface area contributed by atoms with Gasteiger partial charge in [-0.25, -0.2) is 0 Å². The standard InChI is InChI=1S/C12H17N5O2S/c1-7-9(20-17-15-7)10-14-11(16-19-10)12(2,13)6-18-8-4-3-5-8/h8H,3-6,13H2,1-2H3. The minimum absolute atomic E-state index is 0.331. The average Bonchev–Trinajstić information content (AvgIpc) is 2.94. The quantitative estimate of drug-likeness (QED) is 0.894. The summed E-state index contributed by atoms with van der Waals surface area (Å²) in [6.07, 6.45) is 3.78. The van der Waals surface area contributed by atoms with Crippen molar-refractivity contribution in [2.24, 2.45) is 5.73 Å². The van der Waals surface area contributed by atoms with E-state index in [1.54, 1.807) is 0 Å². The summed E-state index contributed by atoms with van der Waals surface area (Å²) in [7, 11) is 0. The number of hydrogen-bond donors (Lipinski definition) is 1. The van der Waals surface area contributed by atoms with Crippen molar-refractivity contribution in [1.82, 2.24) is 19.7 Å². The first-order valence-electron chi connectivity index (χ1n) is 6.60. The van der Waals surface area contributed by atoms with Crippen molar-refractivity contribution in [2.75, 3.05) is 6.61 Å². The smallest absolute Gasteiger partial charge is 0.271 e. The molecule has 108 valence electrons. The highest BCUT2D eigenvalue weighted by Gasteiger charge is 2.31. The highest BCUT2D eigenvalue weighted by molar-refractivity contribution is 7.09. The maximum absolute atomic E-state index is 6.23. The Kier molecular flexibility index (Phi) is 3.53. The molecule has 0 radical (unpaired) electrons. The van der Waals surface area contributed by atoms with Crippen LogP contribution in [0.3, 0.4) is 0 Å². The van der Waals surface area contributed by atoms with Crippen molar-refractivity contribution >= 4 is 11.5 Å². The Morgan fingerprint density at radius 1 is 1.50 bits per heavy atom. The molecular formula is C12H17N5O2S. The lowest BCUT2D eigenvalue weighted by Gasteiger charge is -2.29. The number of ether oxygens (including phenoxy) is 1. The summed E-state index contributed by atoms with van der Waals surface area (Å²) in [6, 6.07) is 0. The molecule has 2 N–H and O–H groups in total. The van der Waals surface area contributed by atoms with Gasteiger partial charge in [-0.3, -0.25) is 0 Å². The minimum atomic E-state index is -0.761. The molecule has 2 heterocycles. The van der Waals surface area contributed by atoms with E-state index in [2.05, 4.69) is 19.7 Å². The average molecular weight is 295 g/mol. The third kappa shape index (κ3) is 2.58.